The third kappa shape index (κ3) is 6.82. The van der Waals surface area contributed by atoms with E-state index in [9.17, 15) is 8.42 Å². The summed E-state index contributed by atoms with van der Waals surface area (Å²) in [4.78, 5) is 0.339. The van der Waals surface area contributed by atoms with Crippen molar-refractivity contribution in [2.24, 2.45) is 0 Å². The zero-order chi connectivity index (χ0) is 15.7. The number of hydrogen-bond donors (Lipinski definition) is 2. The van der Waals surface area contributed by atoms with Crippen molar-refractivity contribution in [1.82, 2.24) is 10.0 Å². The zero-order valence-electron chi connectivity index (χ0n) is 13.1. The van der Waals surface area contributed by atoms with Gasteiger partial charge in [0.1, 0.15) is 0 Å². The molecule has 0 aromatic heterocycles. The number of thioether (sulfide) groups is 1. The summed E-state index contributed by atoms with van der Waals surface area (Å²) in [5, 5.41) is 3.28. The van der Waals surface area contributed by atoms with Crippen LogP contribution in [0.5, 0.6) is 0 Å². The molecule has 2 N–H and O–H groups in total. The molecule has 0 saturated carbocycles. The third-order valence-electron chi connectivity index (χ3n) is 3.08. The molecule has 21 heavy (non-hydrogen) atoms. The van der Waals surface area contributed by atoms with Crippen molar-refractivity contribution in [3.63, 3.8) is 0 Å². The molecule has 0 aliphatic carbocycles. The predicted octanol–water partition coefficient (Wildman–Crippen LogP) is 2.26. The average Bonchev–Trinajstić information content (AvgIpc) is 2.44. The second-order valence-corrected chi connectivity index (χ2v) is 7.70. The van der Waals surface area contributed by atoms with Gasteiger partial charge in [0.05, 0.1) is 4.90 Å². The topological polar surface area (TPSA) is 58.2 Å². The average molecular weight is 331 g/mol. The van der Waals surface area contributed by atoms with Crippen molar-refractivity contribution in [2.75, 3.05) is 25.1 Å². The normalized spacial score (nSPS) is 13.3. The van der Waals surface area contributed by atoms with E-state index < -0.39 is 10.0 Å². The van der Waals surface area contributed by atoms with Crippen LogP contribution in [0.3, 0.4) is 0 Å². The van der Waals surface area contributed by atoms with Gasteiger partial charge in [0, 0.05) is 11.8 Å². The van der Waals surface area contributed by atoms with E-state index in [1.54, 1.807) is 23.9 Å². The molecule has 1 aromatic rings. The second-order valence-electron chi connectivity index (χ2n) is 5.08. The van der Waals surface area contributed by atoms with Crippen LogP contribution in [0.2, 0.25) is 0 Å². The molecule has 0 spiro atoms. The van der Waals surface area contributed by atoms with Crippen molar-refractivity contribution < 1.29 is 8.42 Å². The molecule has 0 fully saturated rings. The lowest BCUT2D eigenvalue weighted by Gasteiger charge is -2.13. The van der Waals surface area contributed by atoms with E-state index in [4.69, 9.17) is 0 Å². The molecule has 1 aromatic carbocycles. The molecule has 0 aliphatic heterocycles. The van der Waals surface area contributed by atoms with Crippen LogP contribution in [0.1, 0.15) is 25.8 Å². The Morgan fingerprint density at radius 3 is 2.48 bits per heavy atom. The Labute approximate surface area is 133 Å². The fraction of sp³-hybridized carbons (Fsp3) is 0.600. The van der Waals surface area contributed by atoms with Crippen LogP contribution in [0.4, 0.5) is 0 Å². The molecule has 1 unspecified atom stereocenters. The van der Waals surface area contributed by atoms with E-state index >= 15 is 0 Å². The highest BCUT2D eigenvalue weighted by Crippen LogP contribution is 2.13. The molecule has 0 bridgehead atoms. The monoisotopic (exact) mass is 330 g/mol. The summed E-state index contributed by atoms with van der Waals surface area (Å²) >= 11 is 1.63. The Balaban J connectivity index is 2.59. The molecule has 4 nitrogen and oxygen atoms in total. The van der Waals surface area contributed by atoms with E-state index in [1.807, 2.05) is 25.3 Å². The van der Waals surface area contributed by atoms with Crippen molar-refractivity contribution in [3.8, 4) is 0 Å². The van der Waals surface area contributed by atoms with Gasteiger partial charge in [0.2, 0.25) is 10.0 Å². The Morgan fingerprint density at radius 1 is 1.24 bits per heavy atom. The first kappa shape index (κ1) is 18.5. The molecule has 0 amide bonds. The number of rotatable bonds is 10. The zero-order valence-corrected chi connectivity index (χ0v) is 14.7. The smallest absolute Gasteiger partial charge is 0.240 e. The quantitative estimate of drug-likeness (QED) is 0.646. The molecule has 0 aliphatic rings. The highest BCUT2D eigenvalue weighted by molar-refractivity contribution is 7.98. The Kier molecular flexibility index (Phi) is 8.33. The summed E-state index contributed by atoms with van der Waals surface area (Å²) in [6.45, 7) is 5.94. The number of sulfonamides is 1. The summed E-state index contributed by atoms with van der Waals surface area (Å²) in [5.41, 5.74) is 1.17. The lowest BCUT2D eigenvalue weighted by Crippen LogP contribution is -2.34. The van der Waals surface area contributed by atoms with E-state index in [0.717, 1.165) is 31.7 Å². The third-order valence-corrected chi connectivity index (χ3v) is 5.51. The Bertz CT molecular complexity index is 501. The summed E-state index contributed by atoms with van der Waals surface area (Å²) in [6.07, 6.45) is 3.99. The Hall–Kier alpha value is -0.560. The van der Waals surface area contributed by atoms with Gasteiger partial charge in [0.15, 0.2) is 0 Å². The molecule has 0 radical (unpaired) electrons. The van der Waals surface area contributed by atoms with Gasteiger partial charge in [-0.05, 0) is 56.8 Å². The first-order chi connectivity index (χ1) is 9.99. The van der Waals surface area contributed by atoms with Gasteiger partial charge in [-0.15, -0.1) is 0 Å². The maximum Gasteiger partial charge on any atom is 0.240 e. The number of aryl methyl sites for hydroxylation is 1. The van der Waals surface area contributed by atoms with E-state index in [-0.39, 0.29) is 6.04 Å². The van der Waals surface area contributed by atoms with Gasteiger partial charge in [0.25, 0.3) is 0 Å². The van der Waals surface area contributed by atoms with Crippen molar-refractivity contribution in [1.29, 1.82) is 0 Å². The molecule has 1 atom stereocenters. The second kappa shape index (κ2) is 9.46. The first-order valence-corrected chi connectivity index (χ1v) is 10.2. The predicted molar refractivity (Wildman–Crippen MR) is 91.5 cm³/mol. The summed E-state index contributed by atoms with van der Waals surface area (Å²) in [7, 11) is -3.40. The lowest BCUT2D eigenvalue weighted by atomic mass is 10.1. The maximum absolute atomic E-state index is 12.2. The number of hydrogen-bond acceptors (Lipinski definition) is 4. The first-order valence-electron chi connectivity index (χ1n) is 7.30. The highest BCUT2D eigenvalue weighted by atomic mass is 32.2. The summed E-state index contributed by atoms with van der Waals surface area (Å²) in [6, 6.07) is 7.12. The van der Waals surface area contributed by atoms with Crippen LogP contribution in [0.25, 0.3) is 0 Å². The molecule has 6 heteroatoms. The molecule has 120 valence electrons. The maximum atomic E-state index is 12.2. The van der Waals surface area contributed by atoms with Crippen LogP contribution in [-0.2, 0) is 16.4 Å². The van der Waals surface area contributed by atoms with Crippen LogP contribution < -0.4 is 10.0 Å². The minimum absolute atomic E-state index is 0.0650. The van der Waals surface area contributed by atoms with E-state index in [0.29, 0.717) is 4.90 Å². The van der Waals surface area contributed by atoms with Gasteiger partial charge in [-0.2, -0.15) is 11.8 Å². The summed E-state index contributed by atoms with van der Waals surface area (Å²) < 4.78 is 27.1. The molecular weight excluding hydrogens is 304 g/mol. The van der Waals surface area contributed by atoms with Crippen LogP contribution >= 0.6 is 11.8 Å². The molecule has 1 rings (SSSR count). The lowest BCUT2D eigenvalue weighted by molar-refractivity contribution is 0.571. The van der Waals surface area contributed by atoms with Crippen LogP contribution in [-0.4, -0.2) is 39.6 Å². The minimum atomic E-state index is -3.40. The standard InChI is InChI=1S/C15H26N2O2S2/c1-4-16-11-5-6-14-7-9-15(10-8-14)21(18,19)17-13(2)12-20-3/h7-10,13,16-17H,4-6,11-12H2,1-3H3. The van der Waals surface area contributed by atoms with Gasteiger partial charge < -0.3 is 5.32 Å². The molecular formula is C15H26N2O2S2. The Morgan fingerprint density at radius 2 is 1.90 bits per heavy atom. The highest BCUT2D eigenvalue weighted by Gasteiger charge is 2.16. The van der Waals surface area contributed by atoms with Crippen molar-refractivity contribution in [2.45, 2.75) is 37.6 Å². The fourth-order valence-electron chi connectivity index (χ4n) is 2.05. The SMILES string of the molecule is CCNCCCc1ccc(S(=O)(=O)NC(C)CSC)cc1. The van der Waals surface area contributed by atoms with Gasteiger partial charge >= 0.3 is 0 Å². The van der Waals surface area contributed by atoms with Crippen LogP contribution in [0.15, 0.2) is 29.2 Å². The van der Waals surface area contributed by atoms with Gasteiger partial charge in [-0.25, -0.2) is 13.1 Å². The van der Waals surface area contributed by atoms with Crippen molar-refractivity contribution in [3.05, 3.63) is 29.8 Å². The van der Waals surface area contributed by atoms with Crippen LogP contribution in [0, 0.1) is 0 Å². The molecule has 0 saturated heterocycles. The number of nitrogens with one attached hydrogen (secondary N) is 2. The fourth-order valence-corrected chi connectivity index (χ4v) is 3.98. The number of benzene rings is 1. The summed E-state index contributed by atoms with van der Waals surface area (Å²) in [5.74, 6) is 0.766. The van der Waals surface area contributed by atoms with E-state index in [1.165, 1.54) is 5.56 Å². The van der Waals surface area contributed by atoms with Gasteiger partial charge in [-0.3, -0.25) is 0 Å². The largest absolute Gasteiger partial charge is 0.317 e. The van der Waals surface area contributed by atoms with Crippen molar-refractivity contribution >= 4 is 21.8 Å². The molecule has 0 heterocycles. The van der Waals surface area contributed by atoms with E-state index in [2.05, 4.69) is 17.0 Å². The minimum Gasteiger partial charge on any atom is -0.317 e. The van der Waals surface area contributed by atoms with Gasteiger partial charge in [-0.1, -0.05) is 19.1 Å².